The Hall–Kier alpha value is -0.0400. The highest BCUT2D eigenvalue weighted by Gasteiger charge is 2.42. The largest absolute Gasteiger partial charge is 0.317 e. The van der Waals surface area contributed by atoms with Gasteiger partial charge in [0.2, 0.25) is 0 Å². The minimum absolute atomic E-state index is 0.700. The fourth-order valence-electron chi connectivity index (χ4n) is 2.99. The highest BCUT2D eigenvalue weighted by molar-refractivity contribution is 4.95. The monoisotopic (exact) mass is 167 g/mol. The summed E-state index contributed by atoms with van der Waals surface area (Å²) in [6.45, 7) is 2.51. The molecular formula is C11H21N. The van der Waals surface area contributed by atoms with Crippen molar-refractivity contribution in [2.24, 2.45) is 11.3 Å². The minimum Gasteiger partial charge on any atom is -0.317 e. The normalized spacial score (nSPS) is 43.0. The van der Waals surface area contributed by atoms with Gasteiger partial charge < -0.3 is 5.32 Å². The summed E-state index contributed by atoms with van der Waals surface area (Å²) in [6, 6.07) is 0.815. The van der Waals surface area contributed by atoms with E-state index in [1.807, 2.05) is 0 Å². The van der Waals surface area contributed by atoms with E-state index in [1.165, 1.54) is 38.5 Å². The third kappa shape index (κ3) is 1.28. The lowest BCUT2D eigenvalue weighted by atomic mass is 9.65. The highest BCUT2D eigenvalue weighted by atomic mass is 14.9. The number of hydrogen-bond donors (Lipinski definition) is 1. The fraction of sp³-hybridized carbons (Fsp3) is 1.00. The Balaban J connectivity index is 1.94. The molecule has 2 atom stereocenters. The van der Waals surface area contributed by atoms with E-state index in [1.54, 1.807) is 0 Å². The van der Waals surface area contributed by atoms with Crippen LogP contribution in [0.3, 0.4) is 0 Å². The van der Waals surface area contributed by atoms with Crippen molar-refractivity contribution in [3.8, 4) is 0 Å². The molecule has 1 N–H and O–H groups in total. The van der Waals surface area contributed by atoms with Gasteiger partial charge in [0.25, 0.3) is 0 Å². The molecule has 2 aliphatic rings. The zero-order valence-electron chi connectivity index (χ0n) is 8.40. The topological polar surface area (TPSA) is 12.0 Å². The quantitative estimate of drug-likeness (QED) is 0.666. The molecule has 0 aromatic heterocycles. The van der Waals surface area contributed by atoms with Gasteiger partial charge >= 0.3 is 0 Å². The Bertz CT molecular complexity index is 162. The highest BCUT2D eigenvalue weighted by Crippen LogP contribution is 2.51. The molecule has 0 aromatic carbocycles. The lowest BCUT2D eigenvalue weighted by Crippen LogP contribution is -2.32. The molecule has 1 heteroatoms. The number of rotatable bonds is 2. The molecule has 0 aliphatic heterocycles. The average Bonchev–Trinajstić information content (AvgIpc) is 2.28. The summed E-state index contributed by atoms with van der Waals surface area (Å²) in [7, 11) is 2.11. The Morgan fingerprint density at radius 3 is 2.42 bits per heavy atom. The Morgan fingerprint density at radius 1 is 1.25 bits per heavy atom. The molecule has 0 aromatic rings. The van der Waals surface area contributed by atoms with E-state index in [4.69, 9.17) is 0 Å². The van der Waals surface area contributed by atoms with E-state index in [-0.39, 0.29) is 0 Å². The van der Waals surface area contributed by atoms with E-state index in [2.05, 4.69) is 19.3 Å². The van der Waals surface area contributed by atoms with Crippen LogP contribution in [0.25, 0.3) is 0 Å². The lowest BCUT2D eigenvalue weighted by molar-refractivity contribution is 0.106. The summed E-state index contributed by atoms with van der Waals surface area (Å²) in [5.74, 6) is 1.07. The van der Waals surface area contributed by atoms with Crippen LogP contribution < -0.4 is 5.32 Å². The van der Waals surface area contributed by atoms with Gasteiger partial charge in [0, 0.05) is 6.04 Å². The molecule has 0 spiro atoms. The second-order valence-corrected chi connectivity index (χ2v) is 5.01. The van der Waals surface area contributed by atoms with E-state index in [0.29, 0.717) is 5.41 Å². The van der Waals surface area contributed by atoms with Crippen molar-refractivity contribution in [2.75, 3.05) is 7.05 Å². The zero-order valence-corrected chi connectivity index (χ0v) is 8.40. The molecule has 1 nitrogen and oxygen atoms in total. The first-order valence-electron chi connectivity index (χ1n) is 5.42. The van der Waals surface area contributed by atoms with Gasteiger partial charge in [-0.05, 0) is 50.5 Å². The maximum absolute atomic E-state index is 3.42. The predicted molar refractivity (Wildman–Crippen MR) is 52.1 cm³/mol. The van der Waals surface area contributed by atoms with Gasteiger partial charge in [0.15, 0.2) is 0 Å². The molecule has 2 aliphatic carbocycles. The maximum atomic E-state index is 3.42. The first kappa shape index (κ1) is 8.55. The fourth-order valence-corrected chi connectivity index (χ4v) is 2.99. The molecule has 0 amide bonds. The molecular weight excluding hydrogens is 146 g/mol. The van der Waals surface area contributed by atoms with Gasteiger partial charge in [-0.2, -0.15) is 0 Å². The van der Waals surface area contributed by atoms with Gasteiger partial charge in [-0.15, -0.1) is 0 Å². The smallest absolute Gasteiger partial charge is 0.00695 e. The predicted octanol–water partition coefficient (Wildman–Crippen LogP) is 2.56. The minimum atomic E-state index is 0.700. The van der Waals surface area contributed by atoms with E-state index >= 15 is 0 Å². The molecule has 0 heterocycles. The van der Waals surface area contributed by atoms with Crippen LogP contribution in [0.4, 0.5) is 0 Å². The Labute approximate surface area is 75.9 Å². The molecule has 0 bridgehead atoms. The molecule has 2 rings (SSSR count). The summed E-state index contributed by atoms with van der Waals surface area (Å²) < 4.78 is 0. The Kier molecular flexibility index (Phi) is 2.16. The van der Waals surface area contributed by atoms with Crippen LogP contribution in [0.5, 0.6) is 0 Å². The maximum Gasteiger partial charge on any atom is 0.00695 e. The second-order valence-electron chi connectivity index (χ2n) is 5.01. The standard InChI is InChI=1S/C11H21N/c1-11(9-4-3-5-9)7-6-10(8-11)12-2/h9-10,12H,3-8H2,1-2H3. The Morgan fingerprint density at radius 2 is 2.00 bits per heavy atom. The molecule has 0 radical (unpaired) electrons. The van der Waals surface area contributed by atoms with E-state index in [9.17, 15) is 0 Å². The molecule has 2 fully saturated rings. The van der Waals surface area contributed by atoms with Gasteiger partial charge in [-0.3, -0.25) is 0 Å². The van der Waals surface area contributed by atoms with Crippen molar-refractivity contribution < 1.29 is 0 Å². The van der Waals surface area contributed by atoms with Crippen LogP contribution in [-0.2, 0) is 0 Å². The third-order valence-corrected chi connectivity index (χ3v) is 4.28. The van der Waals surface area contributed by atoms with Gasteiger partial charge in [-0.1, -0.05) is 13.3 Å². The van der Waals surface area contributed by atoms with E-state index < -0.39 is 0 Å². The second kappa shape index (κ2) is 3.02. The van der Waals surface area contributed by atoms with Crippen molar-refractivity contribution in [3.63, 3.8) is 0 Å². The third-order valence-electron chi connectivity index (χ3n) is 4.28. The summed E-state index contributed by atoms with van der Waals surface area (Å²) >= 11 is 0. The summed E-state index contributed by atoms with van der Waals surface area (Å²) in [6.07, 6.45) is 8.80. The lowest BCUT2D eigenvalue weighted by Gasteiger charge is -2.40. The number of hydrogen-bond acceptors (Lipinski definition) is 1. The van der Waals surface area contributed by atoms with E-state index in [0.717, 1.165) is 12.0 Å². The first-order valence-corrected chi connectivity index (χ1v) is 5.42. The van der Waals surface area contributed by atoms with Crippen molar-refractivity contribution in [3.05, 3.63) is 0 Å². The molecule has 2 unspecified atom stereocenters. The molecule has 0 saturated heterocycles. The summed E-state index contributed by atoms with van der Waals surface area (Å²) in [5.41, 5.74) is 0.700. The van der Waals surface area contributed by atoms with Crippen molar-refractivity contribution >= 4 is 0 Å². The van der Waals surface area contributed by atoms with Crippen LogP contribution in [0.2, 0.25) is 0 Å². The SMILES string of the molecule is CNC1CCC(C)(C2CCC2)C1. The van der Waals surface area contributed by atoms with Crippen molar-refractivity contribution in [2.45, 2.75) is 51.5 Å². The van der Waals surface area contributed by atoms with Gasteiger partial charge in [0.05, 0.1) is 0 Å². The molecule has 70 valence electrons. The molecule has 12 heavy (non-hydrogen) atoms. The first-order chi connectivity index (χ1) is 5.74. The van der Waals surface area contributed by atoms with Crippen LogP contribution in [0.15, 0.2) is 0 Å². The van der Waals surface area contributed by atoms with Crippen LogP contribution >= 0.6 is 0 Å². The van der Waals surface area contributed by atoms with Crippen LogP contribution in [0.1, 0.15) is 45.4 Å². The summed E-state index contributed by atoms with van der Waals surface area (Å²) in [4.78, 5) is 0. The average molecular weight is 167 g/mol. The van der Waals surface area contributed by atoms with Gasteiger partial charge in [0.1, 0.15) is 0 Å². The molecule has 2 saturated carbocycles. The summed E-state index contributed by atoms with van der Waals surface area (Å²) in [5, 5.41) is 3.42. The van der Waals surface area contributed by atoms with Gasteiger partial charge in [-0.25, -0.2) is 0 Å². The number of nitrogens with one attached hydrogen (secondary N) is 1. The zero-order chi connectivity index (χ0) is 8.60. The van der Waals surface area contributed by atoms with Crippen molar-refractivity contribution in [1.29, 1.82) is 0 Å². The van der Waals surface area contributed by atoms with Crippen LogP contribution in [0, 0.1) is 11.3 Å². The van der Waals surface area contributed by atoms with Crippen molar-refractivity contribution in [1.82, 2.24) is 5.32 Å². The van der Waals surface area contributed by atoms with Crippen LogP contribution in [-0.4, -0.2) is 13.1 Å².